The van der Waals surface area contributed by atoms with Crippen LogP contribution in [0.2, 0.25) is 0 Å². The van der Waals surface area contributed by atoms with Gasteiger partial charge in [0.15, 0.2) is 0 Å². The third-order valence-electron chi connectivity index (χ3n) is 2.71. The second-order valence-electron chi connectivity index (χ2n) is 4.45. The minimum absolute atomic E-state index is 0.122. The van der Waals surface area contributed by atoms with E-state index in [1.165, 1.54) is 24.5 Å². The number of halogens is 3. The molecule has 23 heavy (non-hydrogen) atoms. The van der Waals surface area contributed by atoms with Gasteiger partial charge in [-0.2, -0.15) is 5.10 Å². The fourth-order valence-electron chi connectivity index (χ4n) is 1.69. The summed E-state index contributed by atoms with van der Waals surface area (Å²) >= 11 is 0. The largest absolute Gasteiger partial charge is 0.573 e. The minimum Gasteiger partial charge on any atom is -0.406 e. The lowest BCUT2D eigenvalue weighted by Gasteiger charge is -2.14. The Kier molecular flexibility index (Phi) is 5.06. The maximum Gasteiger partial charge on any atom is 0.573 e. The maximum absolute atomic E-state index is 12.0. The van der Waals surface area contributed by atoms with Crippen LogP contribution in [-0.4, -0.2) is 34.2 Å². The zero-order valence-electron chi connectivity index (χ0n) is 11.6. The summed E-state index contributed by atoms with van der Waals surface area (Å²) in [6.45, 7) is -0.122. The Balaban J connectivity index is 1.83. The molecule has 1 atom stereocenters. The summed E-state index contributed by atoms with van der Waals surface area (Å²) in [5, 5.41) is 20.9. The fraction of sp³-hybridized carbons (Fsp3) is 0.231. The van der Waals surface area contributed by atoms with E-state index >= 15 is 0 Å². The van der Waals surface area contributed by atoms with Crippen LogP contribution in [-0.2, 0) is 0 Å². The molecule has 7 nitrogen and oxygen atoms in total. The van der Waals surface area contributed by atoms with E-state index in [2.05, 4.69) is 25.6 Å². The van der Waals surface area contributed by atoms with Crippen LogP contribution < -0.4 is 15.4 Å². The molecule has 2 amide bonds. The van der Waals surface area contributed by atoms with E-state index in [4.69, 9.17) is 0 Å². The molecule has 10 heteroatoms. The van der Waals surface area contributed by atoms with E-state index in [0.29, 0.717) is 11.3 Å². The summed E-state index contributed by atoms with van der Waals surface area (Å²) < 4.78 is 39.8. The van der Waals surface area contributed by atoms with Crippen LogP contribution in [0.4, 0.5) is 23.7 Å². The van der Waals surface area contributed by atoms with Gasteiger partial charge in [0.25, 0.3) is 0 Å². The number of nitrogens with zero attached hydrogens (tertiary/aromatic N) is 1. The van der Waals surface area contributed by atoms with Crippen molar-refractivity contribution < 1.29 is 27.8 Å². The van der Waals surface area contributed by atoms with Crippen molar-refractivity contribution in [2.24, 2.45) is 0 Å². The Hall–Kier alpha value is -2.75. The van der Waals surface area contributed by atoms with Gasteiger partial charge in [0.1, 0.15) is 5.75 Å². The second kappa shape index (κ2) is 7.01. The van der Waals surface area contributed by atoms with Gasteiger partial charge in [-0.1, -0.05) is 12.1 Å². The Bertz CT molecular complexity index is 629. The van der Waals surface area contributed by atoms with Crippen LogP contribution in [0.25, 0.3) is 0 Å². The number of rotatable bonds is 5. The lowest BCUT2D eigenvalue weighted by atomic mass is 10.1. The van der Waals surface area contributed by atoms with Gasteiger partial charge in [-0.25, -0.2) is 4.79 Å². The molecular weight excluding hydrogens is 317 g/mol. The van der Waals surface area contributed by atoms with E-state index in [0.717, 1.165) is 12.1 Å². The highest BCUT2D eigenvalue weighted by atomic mass is 19.4. The van der Waals surface area contributed by atoms with Gasteiger partial charge >= 0.3 is 12.4 Å². The second-order valence-corrected chi connectivity index (χ2v) is 4.45. The number of ether oxygens (including phenoxy) is 1. The Morgan fingerprint density at radius 3 is 2.61 bits per heavy atom. The molecule has 0 radical (unpaired) electrons. The fourth-order valence-corrected chi connectivity index (χ4v) is 1.69. The molecule has 1 heterocycles. The molecule has 1 aromatic carbocycles. The number of urea groups is 1. The highest BCUT2D eigenvalue weighted by Crippen LogP contribution is 2.24. The van der Waals surface area contributed by atoms with Gasteiger partial charge < -0.3 is 20.5 Å². The summed E-state index contributed by atoms with van der Waals surface area (Å²) in [4.78, 5) is 11.5. The average Bonchev–Trinajstić information content (AvgIpc) is 2.97. The summed E-state index contributed by atoms with van der Waals surface area (Å²) in [5.41, 5.74) is 0.786. The minimum atomic E-state index is -4.77. The van der Waals surface area contributed by atoms with Crippen molar-refractivity contribution in [3.8, 4) is 5.75 Å². The lowest BCUT2D eigenvalue weighted by Crippen LogP contribution is -2.32. The Morgan fingerprint density at radius 1 is 1.35 bits per heavy atom. The molecule has 4 N–H and O–H groups in total. The molecule has 0 fully saturated rings. The number of amides is 2. The highest BCUT2D eigenvalue weighted by molar-refractivity contribution is 5.88. The van der Waals surface area contributed by atoms with Gasteiger partial charge in [0.05, 0.1) is 18.0 Å². The topological polar surface area (TPSA) is 99.3 Å². The highest BCUT2D eigenvalue weighted by Gasteiger charge is 2.31. The molecule has 0 aliphatic rings. The Labute approximate surface area is 128 Å². The van der Waals surface area contributed by atoms with Crippen molar-refractivity contribution in [2.75, 3.05) is 11.9 Å². The smallest absolute Gasteiger partial charge is 0.406 e. The first-order valence-corrected chi connectivity index (χ1v) is 6.41. The van der Waals surface area contributed by atoms with Crippen LogP contribution in [0.5, 0.6) is 5.75 Å². The van der Waals surface area contributed by atoms with Crippen LogP contribution in [0, 0.1) is 0 Å². The predicted molar refractivity (Wildman–Crippen MR) is 73.7 cm³/mol. The molecule has 124 valence electrons. The standard InChI is InChI=1S/C13H13F3N4O3/c14-13(15,16)23-10-3-1-8(2-4-10)11(21)7-17-12(22)20-9-5-18-19-6-9/h1-6,11,21H,7H2,(H,18,19)(H2,17,20,22)/t11-/m0/s1. The van der Waals surface area contributed by atoms with E-state index in [9.17, 15) is 23.1 Å². The monoisotopic (exact) mass is 330 g/mol. The van der Waals surface area contributed by atoms with Crippen LogP contribution >= 0.6 is 0 Å². The van der Waals surface area contributed by atoms with Crippen LogP contribution in [0.3, 0.4) is 0 Å². The van der Waals surface area contributed by atoms with Gasteiger partial charge in [-0.05, 0) is 17.7 Å². The van der Waals surface area contributed by atoms with Crippen molar-refractivity contribution >= 4 is 11.7 Å². The number of aliphatic hydroxyl groups is 1. The SMILES string of the molecule is O=C(NC[C@H](O)c1ccc(OC(F)(F)F)cc1)Nc1cn[nH]c1. The first kappa shape index (κ1) is 16.6. The third-order valence-corrected chi connectivity index (χ3v) is 2.71. The number of carbonyl (C=O) groups is 1. The molecular formula is C13H13F3N4O3. The third kappa shape index (κ3) is 5.51. The predicted octanol–water partition coefficient (Wildman–Crippen LogP) is 2.16. The number of carbonyl (C=O) groups excluding carboxylic acids is 1. The number of nitrogens with one attached hydrogen (secondary N) is 3. The molecule has 0 aliphatic carbocycles. The van der Waals surface area contributed by atoms with E-state index in [-0.39, 0.29) is 12.3 Å². The maximum atomic E-state index is 12.0. The number of aromatic amines is 1. The average molecular weight is 330 g/mol. The van der Waals surface area contributed by atoms with Crippen molar-refractivity contribution in [1.29, 1.82) is 0 Å². The number of aliphatic hydroxyl groups excluding tert-OH is 1. The lowest BCUT2D eigenvalue weighted by molar-refractivity contribution is -0.274. The summed E-state index contributed by atoms with van der Waals surface area (Å²) in [7, 11) is 0. The molecule has 2 rings (SSSR count). The molecule has 0 saturated heterocycles. The van der Waals surface area contributed by atoms with E-state index in [1.807, 2.05) is 0 Å². The van der Waals surface area contributed by atoms with Gasteiger partial charge in [-0.3, -0.25) is 5.10 Å². The number of benzene rings is 1. The van der Waals surface area contributed by atoms with Gasteiger partial charge in [0, 0.05) is 12.7 Å². The number of hydrogen-bond donors (Lipinski definition) is 4. The summed E-state index contributed by atoms with van der Waals surface area (Å²) in [6.07, 6.45) is -2.98. The molecule has 0 aliphatic heterocycles. The molecule has 1 aromatic heterocycles. The van der Waals surface area contributed by atoms with Gasteiger partial charge in [0.2, 0.25) is 0 Å². The first-order chi connectivity index (χ1) is 10.8. The van der Waals surface area contributed by atoms with Gasteiger partial charge in [-0.15, -0.1) is 13.2 Å². The zero-order chi connectivity index (χ0) is 16.9. The normalized spacial score (nSPS) is 12.5. The quantitative estimate of drug-likeness (QED) is 0.675. The Morgan fingerprint density at radius 2 is 2.04 bits per heavy atom. The molecule has 0 saturated carbocycles. The molecule has 0 bridgehead atoms. The number of anilines is 1. The van der Waals surface area contributed by atoms with Crippen LogP contribution in [0.1, 0.15) is 11.7 Å². The molecule has 2 aromatic rings. The van der Waals surface area contributed by atoms with Crippen molar-refractivity contribution in [3.05, 3.63) is 42.2 Å². The number of H-pyrrole nitrogens is 1. The van der Waals surface area contributed by atoms with Crippen molar-refractivity contribution in [3.63, 3.8) is 0 Å². The molecule has 0 spiro atoms. The summed E-state index contributed by atoms with van der Waals surface area (Å²) in [6, 6.07) is 4.17. The van der Waals surface area contributed by atoms with Crippen molar-refractivity contribution in [2.45, 2.75) is 12.5 Å². The number of aromatic nitrogens is 2. The first-order valence-electron chi connectivity index (χ1n) is 6.41. The zero-order valence-corrected chi connectivity index (χ0v) is 11.6. The van der Waals surface area contributed by atoms with E-state index in [1.54, 1.807) is 0 Å². The number of alkyl halides is 3. The number of hydrogen-bond acceptors (Lipinski definition) is 4. The van der Waals surface area contributed by atoms with Crippen molar-refractivity contribution in [1.82, 2.24) is 15.5 Å². The van der Waals surface area contributed by atoms with Crippen LogP contribution in [0.15, 0.2) is 36.7 Å². The molecule has 0 unspecified atom stereocenters. The summed E-state index contributed by atoms with van der Waals surface area (Å²) in [5.74, 6) is -0.390. The van der Waals surface area contributed by atoms with E-state index < -0.39 is 18.5 Å².